The Bertz CT molecular complexity index is 339. The van der Waals surface area contributed by atoms with Crippen molar-refractivity contribution in [2.75, 3.05) is 26.3 Å². The normalized spacial score (nSPS) is 13.3. The van der Waals surface area contributed by atoms with Gasteiger partial charge in [-0.15, -0.1) is 0 Å². The van der Waals surface area contributed by atoms with Crippen LogP contribution in [0.15, 0.2) is 0 Å². The third-order valence-corrected chi connectivity index (χ3v) is 3.91. The molecular formula is C16H31N3O4. The minimum atomic E-state index is 0.0237. The molecule has 0 heterocycles. The zero-order chi connectivity index (χ0) is 17.7. The van der Waals surface area contributed by atoms with Crippen molar-refractivity contribution in [1.29, 1.82) is 0 Å². The highest BCUT2D eigenvalue weighted by atomic mass is 16.5. The fraction of sp³-hybridized carbons (Fsp3) is 0.812. The van der Waals surface area contributed by atoms with Gasteiger partial charge in [0.25, 0.3) is 0 Å². The van der Waals surface area contributed by atoms with E-state index in [1.54, 1.807) is 9.80 Å². The van der Waals surface area contributed by atoms with E-state index in [9.17, 15) is 14.4 Å². The van der Waals surface area contributed by atoms with Gasteiger partial charge in [0.15, 0.2) is 0 Å². The molecule has 0 fully saturated rings. The van der Waals surface area contributed by atoms with E-state index in [1.807, 2.05) is 27.7 Å². The highest BCUT2D eigenvalue weighted by molar-refractivity contribution is 5.48. The van der Waals surface area contributed by atoms with Gasteiger partial charge in [0.2, 0.25) is 19.2 Å². The highest BCUT2D eigenvalue weighted by Crippen LogP contribution is 2.07. The smallest absolute Gasteiger partial charge is 0.210 e. The summed E-state index contributed by atoms with van der Waals surface area (Å²) in [5.41, 5.74) is 0. The Morgan fingerprint density at radius 3 is 2.00 bits per heavy atom. The molecule has 2 unspecified atom stereocenters. The third-order valence-electron chi connectivity index (χ3n) is 3.91. The van der Waals surface area contributed by atoms with Crippen LogP contribution in [-0.2, 0) is 19.1 Å². The number of ether oxygens (including phenoxy) is 1. The Morgan fingerprint density at radius 1 is 1.00 bits per heavy atom. The number of carbonyl (C=O) groups excluding carboxylic acids is 3. The predicted molar refractivity (Wildman–Crippen MR) is 88.9 cm³/mol. The van der Waals surface area contributed by atoms with Crippen LogP contribution in [0, 0.1) is 0 Å². The second-order valence-corrected chi connectivity index (χ2v) is 5.87. The molecule has 134 valence electrons. The summed E-state index contributed by atoms with van der Waals surface area (Å²) in [4.78, 5) is 35.9. The molecule has 0 saturated carbocycles. The fourth-order valence-electron chi connectivity index (χ4n) is 2.25. The lowest BCUT2D eigenvalue weighted by atomic mass is 10.1. The first kappa shape index (κ1) is 21.4. The standard InChI is InChI=1S/C16H31N3O4/c1-5-16(17-11-20)10-15(4)19(13-22)7-9-23-8-6-18(12-21)14(2)3/h11-16H,5-10H2,1-4H3,(H,17,20). The van der Waals surface area contributed by atoms with Gasteiger partial charge in [-0.1, -0.05) is 6.92 Å². The minimum Gasteiger partial charge on any atom is -0.378 e. The SMILES string of the molecule is CCC(CC(C)N(C=O)CCOCCN(C=O)C(C)C)NC=O. The largest absolute Gasteiger partial charge is 0.378 e. The molecule has 7 heteroatoms. The Morgan fingerprint density at radius 2 is 1.57 bits per heavy atom. The summed E-state index contributed by atoms with van der Waals surface area (Å²) in [6.07, 6.45) is 3.86. The molecule has 0 aliphatic rings. The summed E-state index contributed by atoms with van der Waals surface area (Å²) in [7, 11) is 0. The van der Waals surface area contributed by atoms with Crippen LogP contribution in [0.5, 0.6) is 0 Å². The summed E-state index contributed by atoms with van der Waals surface area (Å²) >= 11 is 0. The number of carbonyl (C=O) groups is 3. The average Bonchev–Trinajstić information content (AvgIpc) is 2.53. The monoisotopic (exact) mass is 329 g/mol. The van der Waals surface area contributed by atoms with E-state index < -0.39 is 0 Å². The molecule has 0 radical (unpaired) electrons. The quantitative estimate of drug-likeness (QED) is 0.353. The van der Waals surface area contributed by atoms with E-state index in [0.29, 0.717) is 39.1 Å². The Labute approximate surface area is 139 Å². The van der Waals surface area contributed by atoms with Gasteiger partial charge in [-0.05, 0) is 33.6 Å². The van der Waals surface area contributed by atoms with Gasteiger partial charge < -0.3 is 19.9 Å². The van der Waals surface area contributed by atoms with Crippen LogP contribution in [0.3, 0.4) is 0 Å². The Kier molecular flexibility index (Phi) is 12.0. The number of hydrogen-bond donors (Lipinski definition) is 1. The number of nitrogens with one attached hydrogen (secondary N) is 1. The van der Waals surface area contributed by atoms with Crippen LogP contribution >= 0.6 is 0 Å². The molecule has 2 atom stereocenters. The molecule has 0 spiro atoms. The molecule has 0 bridgehead atoms. The van der Waals surface area contributed by atoms with Crippen molar-refractivity contribution in [1.82, 2.24) is 15.1 Å². The van der Waals surface area contributed by atoms with E-state index in [2.05, 4.69) is 5.32 Å². The summed E-state index contributed by atoms with van der Waals surface area (Å²) in [5.74, 6) is 0. The van der Waals surface area contributed by atoms with Crippen molar-refractivity contribution in [3.8, 4) is 0 Å². The Balaban J connectivity index is 4.07. The zero-order valence-electron chi connectivity index (χ0n) is 14.7. The van der Waals surface area contributed by atoms with Crippen molar-refractivity contribution < 1.29 is 19.1 Å². The van der Waals surface area contributed by atoms with E-state index in [-0.39, 0.29) is 18.1 Å². The first-order valence-corrected chi connectivity index (χ1v) is 8.19. The number of nitrogens with zero attached hydrogens (tertiary/aromatic N) is 2. The van der Waals surface area contributed by atoms with E-state index in [1.165, 1.54) is 0 Å². The van der Waals surface area contributed by atoms with Crippen molar-refractivity contribution in [3.05, 3.63) is 0 Å². The molecule has 0 aromatic carbocycles. The van der Waals surface area contributed by atoms with E-state index >= 15 is 0 Å². The summed E-state index contributed by atoms with van der Waals surface area (Å²) in [5, 5.41) is 2.76. The molecule has 1 N–H and O–H groups in total. The van der Waals surface area contributed by atoms with Gasteiger partial charge >= 0.3 is 0 Å². The van der Waals surface area contributed by atoms with Gasteiger partial charge in [0.05, 0.1) is 13.2 Å². The third kappa shape index (κ3) is 9.18. The highest BCUT2D eigenvalue weighted by Gasteiger charge is 2.16. The second kappa shape index (κ2) is 12.9. The molecule has 3 amide bonds. The first-order chi connectivity index (χ1) is 11.0. The van der Waals surface area contributed by atoms with Crippen LogP contribution in [0.1, 0.15) is 40.5 Å². The predicted octanol–water partition coefficient (Wildman–Crippen LogP) is 0.631. The van der Waals surface area contributed by atoms with Crippen molar-refractivity contribution in [3.63, 3.8) is 0 Å². The van der Waals surface area contributed by atoms with E-state index in [4.69, 9.17) is 4.74 Å². The molecule has 0 aliphatic heterocycles. The topological polar surface area (TPSA) is 79.0 Å². The Hall–Kier alpha value is -1.63. The van der Waals surface area contributed by atoms with Crippen molar-refractivity contribution in [2.24, 2.45) is 0 Å². The zero-order valence-corrected chi connectivity index (χ0v) is 14.7. The van der Waals surface area contributed by atoms with Crippen LogP contribution in [0.25, 0.3) is 0 Å². The first-order valence-electron chi connectivity index (χ1n) is 8.19. The van der Waals surface area contributed by atoms with Gasteiger partial charge in [-0.3, -0.25) is 14.4 Å². The van der Waals surface area contributed by atoms with Crippen LogP contribution in [-0.4, -0.2) is 73.5 Å². The van der Waals surface area contributed by atoms with E-state index in [0.717, 1.165) is 19.2 Å². The molecule has 7 nitrogen and oxygen atoms in total. The van der Waals surface area contributed by atoms with Crippen molar-refractivity contribution in [2.45, 2.75) is 58.7 Å². The summed E-state index contributed by atoms with van der Waals surface area (Å²) in [6.45, 7) is 9.74. The average molecular weight is 329 g/mol. The summed E-state index contributed by atoms with van der Waals surface area (Å²) < 4.78 is 5.50. The second-order valence-electron chi connectivity index (χ2n) is 5.87. The summed E-state index contributed by atoms with van der Waals surface area (Å²) in [6, 6.07) is 0.243. The number of rotatable bonds is 15. The molecule has 0 aromatic rings. The van der Waals surface area contributed by atoms with Crippen molar-refractivity contribution >= 4 is 19.2 Å². The molecule has 0 aliphatic carbocycles. The molecule has 0 aromatic heterocycles. The molecule has 23 heavy (non-hydrogen) atoms. The van der Waals surface area contributed by atoms with Crippen LogP contribution < -0.4 is 5.32 Å². The van der Waals surface area contributed by atoms with Gasteiger partial charge in [0.1, 0.15) is 0 Å². The fourth-order valence-corrected chi connectivity index (χ4v) is 2.25. The number of amides is 3. The van der Waals surface area contributed by atoms with Crippen LogP contribution in [0.4, 0.5) is 0 Å². The van der Waals surface area contributed by atoms with Gasteiger partial charge in [-0.25, -0.2) is 0 Å². The number of hydrogen-bond acceptors (Lipinski definition) is 4. The lowest BCUT2D eigenvalue weighted by molar-refractivity contribution is -0.121. The maximum Gasteiger partial charge on any atom is 0.210 e. The molecule has 0 rings (SSSR count). The lowest BCUT2D eigenvalue weighted by Crippen LogP contribution is -2.40. The lowest BCUT2D eigenvalue weighted by Gasteiger charge is -2.28. The molecule has 0 saturated heterocycles. The molecular weight excluding hydrogens is 298 g/mol. The van der Waals surface area contributed by atoms with Gasteiger partial charge in [-0.2, -0.15) is 0 Å². The van der Waals surface area contributed by atoms with Crippen LogP contribution in [0.2, 0.25) is 0 Å². The minimum absolute atomic E-state index is 0.0237. The maximum atomic E-state index is 11.2. The van der Waals surface area contributed by atoms with Gasteiger partial charge in [0, 0.05) is 31.2 Å². The maximum absolute atomic E-state index is 11.2.